The molecule has 2 fully saturated rings. The summed E-state index contributed by atoms with van der Waals surface area (Å²) in [6.07, 6.45) is 0.633. The van der Waals surface area contributed by atoms with Crippen molar-refractivity contribution in [2.45, 2.75) is 57.3 Å². The third kappa shape index (κ3) is 5.38. The molecule has 2 aliphatic rings. The first-order valence-corrected chi connectivity index (χ1v) is 12.1. The predicted molar refractivity (Wildman–Crippen MR) is 131 cm³/mol. The average Bonchev–Trinajstić information content (AvgIpc) is 2.79. The highest BCUT2D eigenvalue weighted by Crippen LogP contribution is 2.32. The number of nitrogens with zero attached hydrogens (tertiary/aromatic N) is 2. The quantitative estimate of drug-likeness (QED) is 0.600. The Balaban J connectivity index is 1.37. The molecule has 0 saturated carbocycles. The summed E-state index contributed by atoms with van der Waals surface area (Å²) in [4.78, 5) is 4.12. The molecule has 7 heteroatoms. The minimum atomic E-state index is -1.42. The number of aliphatic hydroxyl groups is 3. The summed E-state index contributed by atoms with van der Waals surface area (Å²) in [6, 6.07) is 10.6. The van der Waals surface area contributed by atoms with Crippen LogP contribution < -0.4 is 9.64 Å². The van der Waals surface area contributed by atoms with E-state index in [2.05, 4.69) is 4.90 Å². The molecule has 2 aliphatic heterocycles. The normalized spacial score (nSPS) is 25.4. The highest BCUT2D eigenvalue weighted by atomic mass is 19.1. The van der Waals surface area contributed by atoms with E-state index in [0.29, 0.717) is 45.4 Å². The van der Waals surface area contributed by atoms with Crippen LogP contribution in [0.5, 0.6) is 5.75 Å². The number of hydrogen-bond donors (Lipinski definition) is 3. The van der Waals surface area contributed by atoms with Gasteiger partial charge in [-0.25, -0.2) is 4.39 Å². The SMILES string of the molecule is Cc1ccc(C)c(OC[C@@]2(O)CN(CC3(O)CCN(c4cccc(F)c4)CC3)CC[C@@H]2O)c1C. The molecule has 2 saturated heterocycles. The minimum Gasteiger partial charge on any atom is -0.490 e. The van der Waals surface area contributed by atoms with Crippen molar-refractivity contribution in [1.29, 1.82) is 0 Å². The molecule has 0 unspecified atom stereocenters. The number of aliphatic hydroxyl groups excluding tert-OH is 1. The van der Waals surface area contributed by atoms with Crippen LogP contribution in [0.2, 0.25) is 0 Å². The standard InChI is InChI=1S/C27H37FN2O4/c1-19-7-8-20(2)25(21(19)3)34-18-27(33)17-29(12-9-24(27)31)16-26(32)10-13-30(14-11-26)23-6-4-5-22(28)15-23/h4-8,15,24,31-33H,9-14,16-18H2,1-3H3/t24-,27-/m0/s1. The smallest absolute Gasteiger partial charge is 0.137 e. The van der Waals surface area contributed by atoms with Crippen LogP contribution in [0, 0.1) is 26.6 Å². The van der Waals surface area contributed by atoms with E-state index in [0.717, 1.165) is 28.1 Å². The summed E-state index contributed by atoms with van der Waals surface area (Å²) in [7, 11) is 0. The third-order valence-electron chi connectivity index (χ3n) is 7.56. The van der Waals surface area contributed by atoms with Gasteiger partial charge in [-0.15, -0.1) is 0 Å². The molecule has 0 aliphatic carbocycles. The largest absolute Gasteiger partial charge is 0.490 e. The first-order chi connectivity index (χ1) is 16.1. The Morgan fingerprint density at radius 2 is 1.74 bits per heavy atom. The zero-order valence-electron chi connectivity index (χ0n) is 20.4. The van der Waals surface area contributed by atoms with Crippen LogP contribution in [0.15, 0.2) is 36.4 Å². The van der Waals surface area contributed by atoms with E-state index in [1.807, 2.05) is 43.9 Å². The molecule has 0 bridgehead atoms. The van der Waals surface area contributed by atoms with Crippen LogP contribution >= 0.6 is 0 Å². The van der Waals surface area contributed by atoms with Gasteiger partial charge in [-0.3, -0.25) is 4.90 Å². The summed E-state index contributed by atoms with van der Waals surface area (Å²) >= 11 is 0. The Kier molecular flexibility index (Phi) is 7.20. The molecule has 186 valence electrons. The molecule has 3 N–H and O–H groups in total. The number of piperidine rings is 2. The molecule has 0 aromatic heterocycles. The maximum absolute atomic E-state index is 13.6. The van der Waals surface area contributed by atoms with Crippen molar-refractivity contribution in [2.75, 3.05) is 44.2 Å². The van der Waals surface area contributed by atoms with Gasteiger partial charge in [-0.2, -0.15) is 0 Å². The van der Waals surface area contributed by atoms with Crippen LogP contribution in [-0.2, 0) is 0 Å². The molecule has 4 rings (SSSR count). The second-order valence-electron chi connectivity index (χ2n) is 10.3. The lowest BCUT2D eigenvalue weighted by atomic mass is 9.86. The number of rotatable bonds is 6. The minimum absolute atomic E-state index is 0.0123. The van der Waals surface area contributed by atoms with E-state index >= 15 is 0 Å². The van der Waals surface area contributed by atoms with Gasteiger partial charge >= 0.3 is 0 Å². The first kappa shape index (κ1) is 24.9. The Labute approximate surface area is 201 Å². The van der Waals surface area contributed by atoms with Gasteiger partial charge in [-0.1, -0.05) is 18.2 Å². The summed E-state index contributed by atoms with van der Waals surface area (Å²) in [5, 5.41) is 33.2. The van der Waals surface area contributed by atoms with Gasteiger partial charge in [0.15, 0.2) is 0 Å². The van der Waals surface area contributed by atoms with Crippen molar-refractivity contribution >= 4 is 5.69 Å². The van der Waals surface area contributed by atoms with Crippen molar-refractivity contribution in [2.24, 2.45) is 0 Å². The Morgan fingerprint density at radius 3 is 2.44 bits per heavy atom. The predicted octanol–water partition coefficient (Wildman–Crippen LogP) is 2.96. The maximum atomic E-state index is 13.6. The van der Waals surface area contributed by atoms with Crippen LogP contribution in [0.25, 0.3) is 0 Å². The number of ether oxygens (including phenoxy) is 1. The monoisotopic (exact) mass is 472 g/mol. The molecule has 2 aromatic carbocycles. The van der Waals surface area contributed by atoms with Gasteiger partial charge in [0.25, 0.3) is 0 Å². The lowest BCUT2D eigenvalue weighted by molar-refractivity contribution is -0.149. The lowest BCUT2D eigenvalue weighted by Crippen LogP contribution is -2.62. The van der Waals surface area contributed by atoms with Crippen molar-refractivity contribution in [3.8, 4) is 5.75 Å². The number of likely N-dealkylation sites (tertiary alicyclic amines) is 1. The highest BCUT2D eigenvalue weighted by Gasteiger charge is 2.44. The molecule has 34 heavy (non-hydrogen) atoms. The van der Waals surface area contributed by atoms with Gasteiger partial charge in [0.05, 0.1) is 11.7 Å². The zero-order valence-corrected chi connectivity index (χ0v) is 20.4. The second-order valence-corrected chi connectivity index (χ2v) is 10.3. The highest BCUT2D eigenvalue weighted by molar-refractivity contribution is 5.47. The summed E-state index contributed by atoms with van der Waals surface area (Å²) < 4.78 is 19.6. The summed E-state index contributed by atoms with van der Waals surface area (Å²) in [6.45, 7) is 8.50. The van der Waals surface area contributed by atoms with Gasteiger partial charge in [-0.05, 0) is 74.9 Å². The van der Waals surface area contributed by atoms with E-state index < -0.39 is 17.3 Å². The number of aryl methyl sites for hydroxylation is 2. The van der Waals surface area contributed by atoms with Crippen molar-refractivity contribution in [1.82, 2.24) is 4.90 Å². The second kappa shape index (κ2) is 9.82. The van der Waals surface area contributed by atoms with Crippen LogP contribution in [0.1, 0.15) is 36.0 Å². The van der Waals surface area contributed by atoms with E-state index in [-0.39, 0.29) is 19.0 Å². The molecular formula is C27H37FN2O4. The Hall–Kier alpha value is -2.19. The molecule has 0 radical (unpaired) electrons. The molecule has 0 spiro atoms. The van der Waals surface area contributed by atoms with Crippen molar-refractivity contribution in [3.05, 3.63) is 58.9 Å². The molecule has 6 nitrogen and oxygen atoms in total. The zero-order chi connectivity index (χ0) is 24.5. The van der Waals surface area contributed by atoms with Gasteiger partial charge < -0.3 is 25.0 Å². The van der Waals surface area contributed by atoms with Crippen LogP contribution in [0.4, 0.5) is 10.1 Å². The molecular weight excluding hydrogens is 435 g/mol. The number of halogens is 1. The summed E-state index contributed by atoms with van der Waals surface area (Å²) in [5.41, 5.74) is 1.66. The number of anilines is 1. The number of hydrogen-bond acceptors (Lipinski definition) is 6. The summed E-state index contributed by atoms with van der Waals surface area (Å²) in [5.74, 6) is 0.490. The third-order valence-corrected chi connectivity index (χ3v) is 7.56. The fourth-order valence-corrected chi connectivity index (χ4v) is 5.20. The van der Waals surface area contributed by atoms with Crippen molar-refractivity contribution in [3.63, 3.8) is 0 Å². The van der Waals surface area contributed by atoms with Gasteiger partial charge in [0.2, 0.25) is 0 Å². The van der Waals surface area contributed by atoms with Gasteiger partial charge in [0, 0.05) is 38.4 Å². The van der Waals surface area contributed by atoms with Crippen LogP contribution in [0.3, 0.4) is 0 Å². The Bertz CT molecular complexity index is 1010. The van der Waals surface area contributed by atoms with Crippen LogP contribution in [-0.4, -0.2) is 76.9 Å². The topological polar surface area (TPSA) is 76.4 Å². The van der Waals surface area contributed by atoms with E-state index in [9.17, 15) is 19.7 Å². The number of benzene rings is 2. The fourth-order valence-electron chi connectivity index (χ4n) is 5.20. The lowest BCUT2D eigenvalue weighted by Gasteiger charge is -2.46. The average molecular weight is 473 g/mol. The van der Waals surface area contributed by atoms with E-state index in [4.69, 9.17) is 4.74 Å². The Morgan fingerprint density at radius 1 is 1.03 bits per heavy atom. The van der Waals surface area contributed by atoms with Gasteiger partial charge in [0.1, 0.15) is 23.8 Å². The van der Waals surface area contributed by atoms with Crippen molar-refractivity contribution < 1.29 is 24.4 Å². The van der Waals surface area contributed by atoms with E-state index in [1.54, 1.807) is 6.07 Å². The molecule has 0 amide bonds. The fraction of sp³-hybridized carbons (Fsp3) is 0.556. The van der Waals surface area contributed by atoms with E-state index in [1.165, 1.54) is 12.1 Å². The molecule has 2 heterocycles. The number of β-amino-alcohol motifs (C(OH)–C–C–N with tert-alkyl or cyclic N) is 2. The molecule has 2 aromatic rings. The molecule has 2 atom stereocenters. The first-order valence-electron chi connectivity index (χ1n) is 12.1. The maximum Gasteiger partial charge on any atom is 0.137 e.